The molecule has 0 bridgehead atoms. The lowest BCUT2D eigenvalue weighted by atomic mass is 10.1. The summed E-state index contributed by atoms with van der Waals surface area (Å²) in [6.07, 6.45) is 0. The third kappa shape index (κ3) is 1.50. The third-order valence-corrected chi connectivity index (χ3v) is 2.19. The van der Waals surface area contributed by atoms with Gasteiger partial charge in [0.15, 0.2) is 5.69 Å². The van der Waals surface area contributed by atoms with Gasteiger partial charge >= 0.3 is 11.9 Å². The van der Waals surface area contributed by atoms with Crippen molar-refractivity contribution in [3.63, 3.8) is 0 Å². The second-order valence-electron chi connectivity index (χ2n) is 3.13. The van der Waals surface area contributed by atoms with Crippen molar-refractivity contribution in [1.29, 1.82) is 0 Å². The van der Waals surface area contributed by atoms with Crippen molar-refractivity contribution in [3.05, 3.63) is 29.5 Å². The maximum Gasteiger partial charge on any atom is 0.357 e. The number of hydrogen-bond acceptors (Lipinski definition) is 4. The summed E-state index contributed by atoms with van der Waals surface area (Å²) in [4.78, 5) is 22.1. The Morgan fingerprint density at radius 1 is 1.44 bits per heavy atom. The van der Waals surface area contributed by atoms with Crippen LogP contribution in [0.5, 0.6) is 0 Å². The second kappa shape index (κ2) is 3.65. The first kappa shape index (κ1) is 10.2. The Labute approximate surface area is 89.8 Å². The van der Waals surface area contributed by atoms with Crippen molar-refractivity contribution >= 4 is 22.8 Å². The standard InChI is InChI=1S/C10H8N2O4/c1-16-10(15)5-2-3-7-6(4-5)8(9(13)14)12-11-7/h2-4H,1H3,(H,11,12)(H,13,14). The van der Waals surface area contributed by atoms with E-state index in [-0.39, 0.29) is 5.69 Å². The zero-order chi connectivity index (χ0) is 11.7. The zero-order valence-corrected chi connectivity index (χ0v) is 8.35. The molecule has 2 rings (SSSR count). The Balaban J connectivity index is 2.63. The van der Waals surface area contributed by atoms with Gasteiger partial charge in [-0.05, 0) is 18.2 Å². The van der Waals surface area contributed by atoms with Crippen LogP contribution in [0, 0.1) is 0 Å². The van der Waals surface area contributed by atoms with Crippen molar-refractivity contribution in [1.82, 2.24) is 10.2 Å². The molecule has 0 saturated heterocycles. The molecule has 1 heterocycles. The Bertz CT molecular complexity index is 573. The van der Waals surface area contributed by atoms with E-state index in [0.717, 1.165) is 0 Å². The van der Waals surface area contributed by atoms with Crippen LogP contribution in [0.4, 0.5) is 0 Å². The summed E-state index contributed by atoms with van der Waals surface area (Å²) in [6.45, 7) is 0. The monoisotopic (exact) mass is 220 g/mol. The minimum atomic E-state index is -1.15. The van der Waals surface area contributed by atoms with Crippen molar-refractivity contribution < 1.29 is 19.4 Å². The summed E-state index contributed by atoms with van der Waals surface area (Å²) in [5.41, 5.74) is 0.740. The smallest absolute Gasteiger partial charge is 0.357 e. The van der Waals surface area contributed by atoms with Gasteiger partial charge in [-0.1, -0.05) is 0 Å². The minimum absolute atomic E-state index is 0.110. The van der Waals surface area contributed by atoms with Crippen LogP contribution in [0.25, 0.3) is 10.9 Å². The molecule has 1 aromatic heterocycles. The van der Waals surface area contributed by atoms with Gasteiger partial charge in [-0.15, -0.1) is 0 Å². The Kier molecular flexibility index (Phi) is 2.32. The summed E-state index contributed by atoms with van der Waals surface area (Å²) >= 11 is 0. The molecule has 0 radical (unpaired) electrons. The maximum atomic E-state index is 11.3. The summed E-state index contributed by atoms with van der Waals surface area (Å²) in [6, 6.07) is 4.56. The first-order valence-corrected chi connectivity index (χ1v) is 4.43. The number of carboxylic acids is 1. The number of carboxylic acid groups (broad SMARTS) is 1. The van der Waals surface area contributed by atoms with E-state index >= 15 is 0 Å². The normalized spacial score (nSPS) is 10.3. The number of ether oxygens (including phenoxy) is 1. The van der Waals surface area contributed by atoms with Crippen molar-refractivity contribution in [3.8, 4) is 0 Å². The fourth-order valence-electron chi connectivity index (χ4n) is 1.42. The van der Waals surface area contributed by atoms with Gasteiger partial charge in [0.05, 0.1) is 18.2 Å². The lowest BCUT2D eigenvalue weighted by molar-refractivity contribution is 0.0599. The Morgan fingerprint density at radius 3 is 2.81 bits per heavy atom. The largest absolute Gasteiger partial charge is 0.476 e. The molecular formula is C10H8N2O4. The number of rotatable bonds is 2. The van der Waals surface area contributed by atoms with Crippen molar-refractivity contribution in [2.75, 3.05) is 7.11 Å². The number of carbonyl (C=O) groups excluding carboxylic acids is 1. The first-order chi connectivity index (χ1) is 7.63. The van der Waals surface area contributed by atoms with Crippen LogP contribution in [0.15, 0.2) is 18.2 Å². The van der Waals surface area contributed by atoms with Crippen LogP contribution in [-0.4, -0.2) is 34.4 Å². The predicted octanol–water partition coefficient (Wildman–Crippen LogP) is 1.05. The van der Waals surface area contributed by atoms with Crippen LogP contribution in [0.2, 0.25) is 0 Å². The molecule has 0 spiro atoms. The summed E-state index contributed by atoms with van der Waals surface area (Å²) in [5.74, 6) is -1.66. The van der Waals surface area contributed by atoms with E-state index in [1.54, 1.807) is 6.07 Å². The molecule has 16 heavy (non-hydrogen) atoms. The zero-order valence-electron chi connectivity index (χ0n) is 8.35. The van der Waals surface area contributed by atoms with E-state index in [0.29, 0.717) is 16.5 Å². The molecule has 2 aromatic rings. The lowest BCUT2D eigenvalue weighted by Gasteiger charge is -1.98. The fraction of sp³-hybridized carbons (Fsp3) is 0.100. The molecular weight excluding hydrogens is 212 g/mol. The predicted molar refractivity (Wildman–Crippen MR) is 54.4 cm³/mol. The number of nitrogens with zero attached hydrogens (tertiary/aromatic N) is 1. The highest BCUT2D eigenvalue weighted by atomic mass is 16.5. The summed E-state index contributed by atoms with van der Waals surface area (Å²) in [7, 11) is 1.26. The van der Waals surface area contributed by atoms with Gasteiger partial charge in [-0.25, -0.2) is 9.59 Å². The number of H-pyrrole nitrogens is 1. The highest BCUT2D eigenvalue weighted by Crippen LogP contribution is 2.18. The molecule has 0 aliphatic heterocycles. The maximum absolute atomic E-state index is 11.3. The van der Waals surface area contributed by atoms with Gasteiger partial charge in [0, 0.05) is 5.39 Å². The van der Waals surface area contributed by atoms with Crippen LogP contribution >= 0.6 is 0 Å². The minimum Gasteiger partial charge on any atom is -0.476 e. The quantitative estimate of drug-likeness (QED) is 0.738. The van der Waals surface area contributed by atoms with E-state index < -0.39 is 11.9 Å². The molecule has 0 fully saturated rings. The average Bonchev–Trinajstić information content (AvgIpc) is 2.70. The number of benzene rings is 1. The highest BCUT2D eigenvalue weighted by Gasteiger charge is 2.14. The number of aromatic amines is 1. The van der Waals surface area contributed by atoms with Crippen LogP contribution < -0.4 is 0 Å². The van der Waals surface area contributed by atoms with E-state index in [2.05, 4.69) is 14.9 Å². The van der Waals surface area contributed by atoms with Crippen LogP contribution in [0.1, 0.15) is 20.8 Å². The molecule has 0 aliphatic carbocycles. The van der Waals surface area contributed by atoms with Gasteiger partial charge in [0.25, 0.3) is 0 Å². The number of carbonyl (C=O) groups is 2. The fourth-order valence-corrected chi connectivity index (χ4v) is 1.42. The van der Waals surface area contributed by atoms with Gasteiger partial charge in [-0.2, -0.15) is 5.10 Å². The first-order valence-electron chi connectivity index (χ1n) is 4.43. The number of aromatic carboxylic acids is 1. The van der Waals surface area contributed by atoms with Gasteiger partial charge in [0.1, 0.15) is 0 Å². The summed E-state index contributed by atoms with van der Waals surface area (Å²) in [5, 5.41) is 15.5. The Morgan fingerprint density at radius 2 is 2.19 bits per heavy atom. The van der Waals surface area contributed by atoms with Crippen LogP contribution in [0.3, 0.4) is 0 Å². The SMILES string of the molecule is COC(=O)c1ccc2[nH]nc(C(=O)O)c2c1. The molecule has 0 amide bonds. The molecule has 0 aliphatic rings. The number of aromatic nitrogens is 2. The second-order valence-corrected chi connectivity index (χ2v) is 3.13. The lowest BCUT2D eigenvalue weighted by Crippen LogP contribution is -2.01. The van der Waals surface area contributed by atoms with Gasteiger partial charge in [0.2, 0.25) is 0 Å². The number of nitrogens with one attached hydrogen (secondary N) is 1. The van der Waals surface area contributed by atoms with Crippen molar-refractivity contribution in [2.24, 2.45) is 0 Å². The third-order valence-electron chi connectivity index (χ3n) is 2.19. The molecule has 6 heteroatoms. The van der Waals surface area contributed by atoms with Crippen LogP contribution in [-0.2, 0) is 4.74 Å². The number of hydrogen-bond donors (Lipinski definition) is 2. The van der Waals surface area contributed by atoms with Gasteiger partial charge in [-0.3, -0.25) is 5.10 Å². The number of fused-ring (bicyclic) bond motifs is 1. The van der Waals surface area contributed by atoms with E-state index in [9.17, 15) is 9.59 Å². The molecule has 0 saturated carbocycles. The van der Waals surface area contributed by atoms with E-state index in [4.69, 9.17) is 5.11 Å². The van der Waals surface area contributed by atoms with E-state index in [1.807, 2.05) is 0 Å². The van der Waals surface area contributed by atoms with Gasteiger partial charge < -0.3 is 9.84 Å². The molecule has 1 aromatic carbocycles. The molecule has 0 atom stereocenters. The summed E-state index contributed by atoms with van der Waals surface area (Å²) < 4.78 is 4.55. The van der Waals surface area contributed by atoms with E-state index in [1.165, 1.54) is 19.2 Å². The number of esters is 1. The molecule has 0 unspecified atom stereocenters. The van der Waals surface area contributed by atoms with Crippen molar-refractivity contribution in [2.45, 2.75) is 0 Å². The highest BCUT2D eigenvalue weighted by molar-refractivity contribution is 6.03. The number of methoxy groups -OCH3 is 1. The molecule has 2 N–H and O–H groups in total. The topological polar surface area (TPSA) is 92.3 Å². The Hall–Kier alpha value is -2.37. The molecule has 6 nitrogen and oxygen atoms in total. The molecule has 82 valence electrons. The average molecular weight is 220 g/mol.